The van der Waals surface area contributed by atoms with Crippen LogP contribution in [-0.2, 0) is 6.42 Å². The molecule has 2 rings (SSSR count). The van der Waals surface area contributed by atoms with Gasteiger partial charge in [0.2, 0.25) is 0 Å². The van der Waals surface area contributed by atoms with E-state index >= 15 is 0 Å². The summed E-state index contributed by atoms with van der Waals surface area (Å²) in [6, 6.07) is 1.94. The predicted molar refractivity (Wildman–Crippen MR) is 57.3 cm³/mol. The number of hydrogen-bond acceptors (Lipinski definition) is 4. The standard InChI is InChI=1S/C10H12N2OS/c1-7-9(3-5-13-7)10-12-6-8(14-10)2-4-11/h3,5-6H,2,4,11H2,1H3. The van der Waals surface area contributed by atoms with Crippen molar-refractivity contribution in [2.24, 2.45) is 5.73 Å². The number of nitrogens with two attached hydrogens (primary N) is 1. The average Bonchev–Trinajstić information content (AvgIpc) is 2.74. The number of aryl methyl sites for hydroxylation is 1. The highest BCUT2D eigenvalue weighted by atomic mass is 32.1. The van der Waals surface area contributed by atoms with Gasteiger partial charge >= 0.3 is 0 Å². The number of thiazole rings is 1. The summed E-state index contributed by atoms with van der Waals surface area (Å²) < 4.78 is 5.23. The summed E-state index contributed by atoms with van der Waals surface area (Å²) in [6.07, 6.45) is 4.47. The highest BCUT2D eigenvalue weighted by Crippen LogP contribution is 2.28. The van der Waals surface area contributed by atoms with Crippen LogP contribution in [0.15, 0.2) is 22.9 Å². The molecule has 0 fully saturated rings. The summed E-state index contributed by atoms with van der Waals surface area (Å²) in [4.78, 5) is 5.57. The number of nitrogens with zero attached hydrogens (tertiary/aromatic N) is 1. The molecule has 4 heteroatoms. The fraction of sp³-hybridized carbons (Fsp3) is 0.300. The molecule has 0 saturated heterocycles. The molecule has 2 aromatic heterocycles. The highest BCUT2D eigenvalue weighted by Gasteiger charge is 2.08. The molecule has 14 heavy (non-hydrogen) atoms. The van der Waals surface area contributed by atoms with Gasteiger partial charge in [0.25, 0.3) is 0 Å². The zero-order chi connectivity index (χ0) is 9.97. The smallest absolute Gasteiger partial charge is 0.127 e. The van der Waals surface area contributed by atoms with Gasteiger partial charge < -0.3 is 10.2 Å². The van der Waals surface area contributed by atoms with Gasteiger partial charge in [-0.1, -0.05) is 0 Å². The first-order valence-corrected chi connectivity index (χ1v) is 5.32. The molecule has 0 radical (unpaired) electrons. The van der Waals surface area contributed by atoms with Crippen molar-refractivity contribution in [2.75, 3.05) is 6.54 Å². The molecule has 0 aliphatic heterocycles. The minimum Gasteiger partial charge on any atom is -0.469 e. The molecule has 0 spiro atoms. The van der Waals surface area contributed by atoms with Crippen molar-refractivity contribution >= 4 is 11.3 Å². The summed E-state index contributed by atoms with van der Waals surface area (Å²) in [5, 5.41) is 1.01. The third-order valence-corrected chi connectivity index (χ3v) is 3.12. The Kier molecular flexibility index (Phi) is 2.65. The molecule has 3 nitrogen and oxygen atoms in total. The minimum absolute atomic E-state index is 0.673. The van der Waals surface area contributed by atoms with Gasteiger partial charge in [-0.15, -0.1) is 11.3 Å². The van der Waals surface area contributed by atoms with Gasteiger partial charge in [-0.05, 0) is 26.0 Å². The first kappa shape index (κ1) is 9.43. The van der Waals surface area contributed by atoms with E-state index in [0.29, 0.717) is 6.54 Å². The Morgan fingerprint density at radius 3 is 3.07 bits per heavy atom. The van der Waals surface area contributed by atoms with Gasteiger partial charge in [0.15, 0.2) is 0 Å². The van der Waals surface area contributed by atoms with E-state index in [1.807, 2.05) is 19.2 Å². The molecule has 74 valence electrons. The van der Waals surface area contributed by atoms with E-state index in [1.165, 1.54) is 4.88 Å². The molecule has 0 aliphatic rings. The van der Waals surface area contributed by atoms with E-state index < -0.39 is 0 Å². The van der Waals surface area contributed by atoms with E-state index in [2.05, 4.69) is 4.98 Å². The molecule has 0 aromatic carbocycles. The number of aromatic nitrogens is 1. The highest BCUT2D eigenvalue weighted by molar-refractivity contribution is 7.15. The van der Waals surface area contributed by atoms with Gasteiger partial charge in [-0.3, -0.25) is 0 Å². The maximum absolute atomic E-state index is 5.48. The molecular weight excluding hydrogens is 196 g/mol. The molecule has 2 heterocycles. The van der Waals surface area contributed by atoms with Crippen LogP contribution in [0.5, 0.6) is 0 Å². The summed E-state index contributed by atoms with van der Waals surface area (Å²) in [5.74, 6) is 0.915. The van der Waals surface area contributed by atoms with Crippen molar-refractivity contribution in [1.82, 2.24) is 4.98 Å². The van der Waals surface area contributed by atoms with Gasteiger partial charge in [0.1, 0.15) is 10.8 Å². The Labute approximate surface area is 86.6 Å². The molecular formula is C10H12N2OS. The third-order valence-electron chi connectivity index (χ3n) is 2.03. The topological polar surface area (TPSA) is 52.0 Å². The Balaban J connectivity index is 2.29. The van der Waals surface area contributed by atoms with Crippen LogP contribution in [0, 0.1) is 6.92 Å². The van der Waals surface area contributed by atoms with Crippen molar-refractivity contribution in [3.05, 3.63) is 29.2 Å². The maximum Gasteiger partial charge on any atom is 0.127 e. The van der Waals surface area contributed by atoms with Crippen LogP contribution in [0.3, 0.4) is 0 Å². The molecule has 0 unspecified atom stereocenters. The van der Waals surface area contributed by atoms with Gasteiger partial charge in [-0.2, -0.15) is 0 Å². The Morgan fingerprint density at radius 1 is 1.57 bits per heavy atom. The summed E-state index contributed by atoms with van der Waals surface area (Å²) in [5.41, 5.74) is 6.56. The van der Waals surface area contributed by atoms with Crippen molar-refractivity contribution < 1.29 is 4.42 Å². The van der Waals surface area contributed by atoms with Crippen LogP contribution < -0.4 is 5.73 Å². The second-order valence-corrected chi connectivity index (χ2v) is 4.18. The number of hydrogen-bond donors (Lipinski definition) is 1. The quantitative estimate of drug-likeness (QED) is 0.841. The van der Waals surface area contributed by atoms with E-state index in [9.17, 15) is 0 Å². The Morgan fingerprint density at radius 2 is 2.43 bits per heavy atom. The summed E-state index contributed by atoms with van der Waals surface area (Å²) >= 11 is 1.68. The van der Waals surface area contributed by atoms with E-state index in [1.54, 1.807) is 17.6 Å². The fourth-order valence-electron chi connectivity index (χ4n) is 1.30. The average molecular weight is 208 g/mol. The normalized spacial score (nSPS) is 10.7. The van der Waals surface area contributed by atoms with Crippen LogP contribution in [0.1, 0.15) is 10.6 Å². The Bertz CT molecular complexity index is 419. The lowest BCUT2D eigenvalue weighted by atomic mass is 10.3. The lowest BCUT2D eigenvalue weighted by Crippen LogP contribution is -2.00. The Hall–Kier alpha value is -1.13. The summed E-state index contributed by atoms with van der Waals surface area (Å²) in [6.45, 7) is 2.62. The zero-order valence-corrected chi connectivity index (χ0v) is 8.80. The summed E-state index contributed by atoms with van der Waals surface area (Å²) in [7, 11) is 0. The lowest BCUT2D eigenvalue weighted by molar-refractivity contribution is 0.535. The second-order valence-electron chi connectivity index (χ2n) is 3.06. The number of furan rings is 1. The van der Waals surface area contributed by atoms with E-state index in [4.69, 9.17) is 10.2 Å². The lowest BCUT2D eigenvalue weighted by Gasteiger charge is -1.91. The first-order valence-electron chi connectivity index (χ1n) is 4.50. The first-order chi connectivity index (χ1) is 6.81. The van der Waals surface area contributed by atoms with Gasteiger partial charge in [0, 0.05) is 11.1 Å². The molecule has 2 aromatic rings. The molecule has 2 N–H and O–H groups in total. The second kappa shape index (κ2) is 3.94. The van der Waals surface area contributed by atoms with Crippen molar-refractivity contribution in [3.63, 3.8) is 0 Å². The molecule has 0 aliphatic carbocycles. The predicted octanol–water partition coefficient (Wildman–Crippen LogP) is 2.21. The molecule has 0 bridgehead atoms. The fourth-order valence-corrected chi connectivity index (χ4v) is 2.30. The largest absolute Gasteiger partial charge is 0.469 e. The minimum atomic E-state index is 0.673. The van der Waals surface area contributed by atoms with Crippen LogP contribution in [0.2, 0.25) is 0 Å². The van der Waals surface area contributed by atoms with Gasteiger partial charge in [0.05, 0.1) is 11.8 Å². The maximum atomic E-state index is 5.48. The van der Waals surface area contributed by atoms with Crippen molar-refractivity contribution in [1.29, 1.82) is 0 Å². The molecule has 0 atom stereocenters. The van der Waals surface area contributed by atoms with Crippen LogP contribution in [0.4, 0.5) is 0 Å². The molecule has 0 amide bonds. The van der Waals surface area contributed by atoms with Gasteiger partial charge in [-0.25, -0.2) is 4.98 Å². The van der Waals surface area contributed by atoms with Crippen molar-refractivity contribution in [2.45, 2.75) is 13.3 Å². The van der Waals surface area contributed by atoms with Crippen LogP contribution in [-0.4, -0.2) is 11.5 Å². The van der Waals surface area contributed by atoms with Crippen LogP contribution >= 0.6 is 11.3 Å². The van der Waals surface area contributed by atoms with Crippen molar-refractivity contribution in [3.8, 4) is 10.6 Å². The van der Waals surface area contributed by atoms with Crippen LogP contribution in [0.25, 0.3) is 10.6 Å². The monoisotopic (exact) mass is 208 g/mol. The number of rotatable bonds is 3. The van der Waals surface area contributed by atoms with E-state index in [-0.39, 0.29) is 0 Å². The SMILES string of the molecule is Cc1occc1-c1ncc(CCN)s1. The molecule has 0 saturated carbocycles. The van der Waals surface area contributed by atoms with E-state index in [0.717, 1.165) is 22.8 Å². The zero-order valence-electron chi connectivity index (χ0n) is 7.99. The third kappa shape index (κ3) is 1.71.